The molecule has 0 aliphatic heterocycles. The molecule has 29 heavy (non-hydrogen) atoms. The quantitative estimate of drug-likeness (QED) is 0.501. The van der Waals surface area contributed by atoms with Gasteiger partial charge in [0.15, 0.2) is 4.96 Å². The van der Waals surface area contributed by atoms with Gasteiger partial charge in [-0.05, 0) is 12.1 Å². The van der Waals surface area contributed by atoms with E-state index in [0.29, 0.717) is 28.5 Å². The summed E-state index contributed by atoms with van der Waals surface area (Å²) in [6.45, 7) is 0.347. The minimum atomic E-state index is -4.38. The summed E-state index contributed by atoms with van der Waals surface area (Å²) in [5.41, 5.74) is 0.779. The molecular formula is C19H16F3N5OS. The minimum Gasteiger partial charge on any atom is -0.337 e. The average Bonchev–Trinajstić information content (AvgIpc) is 3.37. The number of aryl methyl sites for hydroxylation is 1. The molecule has 4 rings (SSSR count). The Labute approximate surface area is 167 Å². The average molecular weight is 419 g/mol. The van der Waals surface area contributed by atoms with Gasteiger partial charge >= 0.3 is 6.18 Å². The molecule has 0 radical (unpaired) electrons. The maximum atomic E-state index is 12.9. The summed E-state index contributed by atoms with van der Waals surface area (Å²) < 4.78 is 41.8. The third kappa shape index (κ3) is 3.63. The van der Waals surface area contributed by atoms with Crippen molar-refractivity contribution in [1.82, 2.24) is 23.8 Å². The smallest absolute Gasteiger partial charge is 0.337 e. The van der Waals surface area contributed by atoms with Gasteiger partial charge in [0.05, 0.1) is 17.8 Å². The van der Waals surface area contributed by atoms with Gasteiger partial charge < -0.3 is 9.47 Å². The van der Waals surface area contributed by atoms with Crippen LogP contribution in [-0.2, 0) is 19.8 Å². The van der Waals surface area contributed by atoms with Crippen molar-refractivity contribution in [3.05, 3.63) is 65.3 Å². The van der Waals surface area contributed by atoms with Crippen LogP contribution in [0.4, 0.5) is 13.2 Å². The molecule has 3 heterocycles. The molecular weight excluding hydrogens is 403 g/mol. The standard InChI is InChI=1S/C19H16F3N5OS/c1-25-8-7-23-16(25)10-26(2)17(28)15-11-29-18-24-14(9-27(15)18)12-3-5-13(6-4-12)19(20,21)22/h3-9,11H,10H2,1-2H3. The van der Waals surface area contributed by atoms with Crippen molar-refractivity contribution in [1.29, 1.82) is 0 Å². The van der Waals surface area contributed by atoms with E-state index < -0.39 is 11.7 Å². The molecule has 0 N–H and O–H groups in total. The first kappa shape index (κ1) is 19.2. The summed E-state index contributed by atoms with van der Waals surface area (Å²) in [6, 6.07) is 4.80. The maximum absolute atomic E-state index is 12.9. The first-order valence-electron chi connectivity index (χ1n) is 8.60. The van der Waals surface area contributed by atoms with Crippen LogP contribution in [0.25, 0.3) is 16.2 Å². The van der Waals surface area contributed by atoms with Gasteiger partial charge in [-0.1, -0.05) is 12.1 Å². The van der Waals surface area contributed by atoms with Crippen LogP contribution >= 0.6 is 11.3 Å². The van der Waals surface area contributed by atoms with Crippen molar-refractivity contribution in [2.45, 2.75) is 12.7 Å². The van der Waals surface area contributed by atoms with Crippen molar-refractivity contribution >= 4 is 22.2 Å². The molecule has 150 valence electrons. The Morgan fingerprint density at radius 2 is 1.97 bits per heavy atom. The van der Waals surface area contributed by atoms with E-state index in [9.17, 15) is 18.0 Å². The SMILES string of the molecule is CN(Cc1nccn1C)C(=O)c1csc2nc(-c3ccc(C(F)(F)F)cc3)cn12. The molecule has 0 atom stereocenters. The number of hydrogen-bond acceptors (Lipinski definition) is 4. The number of carbonyl (C=O) groups excluding carboxylic acids is 1. The molecule has 4 aromatic rings. The number of nitrogens with zero attached hydrogens (tertiary/aromatic N) is 5. The number of hydrogen-bond donors (Lipinski definition) is 0. The van der Waals surface area contributed by atoms with Crippen LogP contribution in [0.5, 0.6) is 0 Å². The van der Waals surface area contributed by atoms with Crippen LogP contribution in [0.1, 0.15) is 21.9 Å². The molecule has 10 heteroatoms. The van der Waals surface area contributed by atoms with Gasteiger partial charge in [0.2, 0.25) is 0 Å². The Kier molecular flexibility index (Phi) is 4.65. The van der Waals surface area contributed by atoms with E-state index in [0.717, 1.165) is 18.0 Å². The molecule has 0 bridgehead atoms. The van der Waals surface area contributed by atoms with Crippen LogP contribution in [0.15, 0.2) is 48.2 Å². The number of imidazole rings is 2. The number of fused-ring (bicyclic) bond motifs is 1. The molecule has 3 aromatic heterocycles. The number of benzene rings is 1. The monoisotopic (exact) mass is 419 g/mol. The number of rotatable bonds is 4. The van der Waals surface area contributed by atoms with Gasteiger partial charge in [-0.3, -0.25) is 9.20 Å². The Morgan fingerprint density at radius 1 is 1.24 bits per heavy atom. The first-order valence-corrected chi connectivity index (χ1v) is 9.48. The zero-order chi connectivity index (χ0) is 20.8. The van der Waals surface area contributed by atoms with Gasteiger partial charge in [0.1, 0.15) is 11.5 Å². The third-order valence-corrected chi connectivity index (χ3v) is 5.42. The van der Waals surface area contributed by atoms with E-state index >= 15 is 0 Å². The van der Waals surface area contributed by atoms with Crippen molar-refractivity contribution < 1.29 is 18.0 Å². The van der Waals surface area contributed by atoms with E-state index in [4.69, 9.17) is 0 Å². The third-order valence-electron chi connectivity index (χ3n) is 4.58. The van der Waals surface area contributed by atoms with E-state index in [1.54, 1.807) is 34.1 Å². The van der Waals surface area contributed by atoms with Crippen LogP contribution in [0.3, 0.4) is 0 Å². The lowest BCUT2D eigenvalue weighted by molar-refractivity contribution is -0.137. The lowest BCUT2D eigenvalue weighted by Gasteiger charge is -2.16. The zero-order valence-electron chi connectivity index (χ0n) is 15.5. The van der Waals surface area contributed by atoms with Crippen molar-refractivity contribution in [3.8, 4) is 11.3 Å². The van der Waals surface area contributed by atoms with Crippen molar-refractivity contribution in [3.63, 3.8) is 0 Å². The minimum absolute atomic E-state index is 0.199. The second kappa shape index (κ2) is 7.03. The summed E-state index contributed by atoms with van der Waals surface area (Å²) in [7, 11) is 3.55. The van der Waals surface area contributed by atoms with Gasteiger partial charge in [-0.2, -0.15) is 13.2 Å². The highest BCUT2D eigenvalue weighted by atomic mass is 32.1. The fraction of sp³-hybridized carbons (Fsp3) is 0.211. The van der Waals surface area contributed by atoms with Crippen LogP contribution in [-0.4, -0.2) is 36.8 Å². The summed E-state index contributed by atoms with van der Waals surface area (Å²) in [5, 5.41) is 1.72. The summed E-state index contributed by atoms with van der Waals surface area (Å²) >= 11 is 1.30. The van der Waals surface area contributed by atoms with Crippen LogP contribution < -0.4 is 0 Å². The Hall–Kier alpha value is -3.14. The normalized spacial score (nSPS) is 11.9. The van der Waals surface area contributed by atoms with Crippen LogP contribution in [0, 0.1) is 0 Å². The first-order chi connectivity index (χ1) is 13.7. The van der Waals surface area contributed by atoms with Gasteiger partial charge in [0, 0.05) is 43.6 Å². The molecule has 0 aliphatic carbocycles. The molecule has 0 aliphatic rings. The molecule has 1 aromatic carbocycles. The highest BCUT2D eigenvalue weighted by Gasteiger charge is 2.30. The van der Waals surface area contributed by atoms with Gasteiger partial charge in [0.25, 0.3) is 5.91 Å². The fourth-order valence-electron chi connectivity index (χ4n) is 2.94. The molecule has 0 saturated heterocycles. The molecule has 0 fully saturated rings. The van der Waals surface area contributed by atoms with Gasteiger partial charge in [-0.15, -0.1) is 11.3 Å². The molecule has 0 saturated carbocycles. The molecule has 1 amide bonds. The van der Waals surface area contributed by atoms with Crippen molar-refractivity contribution in [2.24, 2.45) is 7.05 Å². The summed E-state index contributed by atoms with van der Waals surface area (Å²) in [5.74, 6) is 0.555. The Bertz CT molecular complexity index is 1170. The topological polar surface area (TPSA) is 55.4 Å². The molecule has 0 unspecified atom stereocenters. The maximum Gasteiger partial charge on any atom is 0.416 e. The lowest BCUT2D eigenvalue weighted by atomic mass is 10.1. The fourth-order valence-corrected chi connectivity index (χ4v) is 3.78. The number of aromatic nitrogens is 4. The molecule has 6 nitrogen and oxygen atoms in total. The lowest BCUT2D eigenvalue weighted by Crippen LogP contribution is -2.28. The highest BCUT2D eigenvalue weighted by molar-refractivity contribution is 7.15. The largest absolute Gasteiger partial charge is 0.416 e. The van der Waals surface area contributed by atoms with E-state index in [1.807, 2.05) is 17.8 Å². The Morgan fingerprint density at radius 3 is 2.59 bits per heavy atom. The van der Waals surface area contributed by atoms with Crippen molar-refractivity contribution in [2.75, 3.05) is 7.05 Å². The predicted octanol–water partition coefficient (Wildman–Crippen LogP) is 4.09. The molecule has 0 spiro atoms. The number of alkyl halides is 3. The highest BCUT2D eigenvalue weighted by Crippen LogP contribution is 2.31. The second-order valence-electron chi connectivity index (χ2n) is 6.59. The predicted molar refractivity (Wildman–Crippen MR) is 103 cm³/mol. The van der Waals surface area contributed by atoms with E-state index in [1.165, 1.54) is 23.5 Å². The van der Waals surface area contributed by atoms with Gasteiger partial charge in [-0.25, -0.2) is 9.97 Å². The van der Waals surface area contributed by atoms with E-state index in [-0.39, 0.29) is 5.91 Å². The number of thiazole rings is 1. The second-order valence-corrected chi connectivity index (χ2v) is 7.43. The van der Waals surface area contributed by atoms with E-state index in [2.05, 4.69) is 9.97 Å². The zero-order valence-corrected chi connectivity index (χ0v) is 16.3. The number of amides is 1. The summed E-state index contributed by atoms with van der Waals surface area (Å²) in [4.78, 5) is 23.7. The number of carbonyl (C=O) groups is 1. The Balaban J connectivity index is 1.60. The van der Waals surface area contributed by atoms with Crippen LogP contribution in [0.2, 0.25) is 0 Å². The number of halogens is 3. The summed E-state index contributed by atoms with van der Waals surface area (Å²) in [6.07, 6.45) is 0.756.